The Labute approximate surface area is 124 Å². The van der Waals surface area contributed by atoms with Crippen molar-refractivity contribution in [1.29, 1.82) is 0 Å². The third kappa shape index (κ3) is 3.72. The number of hydrogen-bond acceptors (Lipinski definition) is 3. The van der Waals surface area contributed by atoms with E-state index in [0.29, 0.717) is 10.6 Å². The normalized spacial score (nSPS) is 13.2. The minimum atomic E-state index is -4.44. The zero-order valence-electron chi connectivity index (χ0n) is 10.9. The van der Waals surface area contributed by atoms with Crippen molar-refractivity contribution in [1.82, 2.24) is 10.4 Å². The Hall–Kier alpha value is -1.63. The van der Waals surface area contributed by atoms with Crippen LogP contribution in [0.15, 0.2) is 42.7 Å². The Morgan fingerprint density at radius 1 is 1.24 bits per heavy atom. The SMILES string of the molecule is NNC(Cc1ccncc1Cl)c1ccccc1C(F)(F)F. The molecule has 7 heteroatoms. The van der Waals surface area contributed by atoms with Crippen LogP contribution in [0.2, 0.25) is 5.02 Å². The molecule has 1 aromatic carbocycles. The van der Waals surface area contributed by atoms with E-state index in [1.807, 2.05) is 0 Å². The molecule has 0 saturated heterocycles. The first-order valence-corrected chi connectivity index (χ1v) is 6.52. The van der Waals surface area contributed by atoms with Gasteiger partial charge in [-0.3, -0.25) is 16.3 Å². The molecule has 0 aliphatic carbocycles. The van der Waals surface area contributed by atoms with Crippen LogP contribution in [0.5, 0.6) is 0 Å². The van der Waals surface area contributed by atoms with Crippen molar-refractivity contribution >= 4 is 11.6 Å². The van der Waals surface area contributed by atoms with Crippen LogP contribution >= 0.6 is 11.6 Å². The molecule has 0 aliphatic heterocycles. The molecule has 1 unspecified atom stereocenters. The number of benzene rings is 1. The fraction of sp³-hybridized carbons (Fsp3) is 0.214. The van der Waals surface area contributed by atoms with Crippen molar-refractivity contribution in [2.45, 2.75) is 18.6 Å². The maximum absolute atomic E-state index is 13.1. The molecular weight excluding hydrogens is 303 g/mol. The molecule has 1 heterocycles. The number of aromatic nitrogens is 1. The van der Waals surface area contributed by atoms with Crippen LogP contribution in [-0.2, 0) is 12.6 Å². The number of nitrogens with one attached hydrogen (secondary N) is 1. The standard InChI is InChI=1S/C14H13ClF3N3/c15-12-8-20-6-5-9(12)7-13(21-19)10-3-1-2-4-11(10)14(16,17)18/h1-6,8,13,21H,7,19H2. The van der Waals surface area contributed by atoms with Crippen LogP contribution in [0.1, 0.15) is 22.7 Å². The highest BCUT2D eigenvalue weighted by atomic mass is 35.5. The predicted octanol–water partition coefficient (Wildman–Crippen LogP) is 3.50. The number of hydrazine groups is 1. The van der Waals surface area contributed by atoms with Crippen LogP contribution in [0.4, 0.5) is 13.2 Å². The lowest BCUT2D eigenvalue weighted by molar-refractivity contribution is -0.138. The first-order valence-electron chi connectivity index (χ1n) is 6.14. The van der Waals surface area contributed by atoms with Crippen LogP contribution in [0, 0.1) is 0 Å². The molecule has 0 amide bonds. The summed E-state index contributed by atoms with van der Waals surface area (Å²) in [6.07, 6.45) is -1.23. The third-order valence-corrected chi connectivity index (χ3v) is 3.46. The van der Waals surface area contributed by atoms with E-state index in [-0.39, 0.29) is 12.0 Å². The van der Waals surface area contributed by atoms with Crippen molar-refractivity contribution in [2.75, 3.05) is 0 Å². The smallest absolute Gasteiger partial charge is 0.271 e. The highest BCUT2D eigenvalue weighted by molar-refractivity contribution is 6.31. The largest absolute Gasteiger partial charge is 0.416 e. The van der Waals surface area contributed by atoms with E-state index in [4.69, 9.17) is 17.4 Å². The average molecular weight is 316 g/mol. The average Bonchev–Trinajstić information content (AvgIpc) is 2.45. The van der Waals surface area contributed by atoms with Gasteiger partial charge in [-0.25, -0.2) is 0 Å². The number of alkyl halides is 3. The zero-order chi connectivity index (χ0) is 15.5. The van der Waals surface area contributed by atoms with Gasteiger partial charge < -0.3 is 0 Å². The van der Waals surface area contributed by atoms with Gasteiger partial charge in [-0.15, -0.1) is 0 Å². The Bertz CT molecular complexity index is 616. The molecular formula is C14H13ClF3N3. The first kappa shape index (κ1) is 15.8. The number of hydrogen-bond donors (Lipinski definition) is 2. The lowest BCUT2D eigenvalue weighted by Gasteiger charge is -2.21. The highest BCUT2D eigenvalue weighted by Crippen LogP contribution is 2.35. The summed E-state index contributed by atoms with van der Waals surface area (Å²) in [6, 6.07) is 6.28. The fourth-order valence-corrected chi connectivity index (χ4v) is 2.30. The van der Waals surface area contributed by atoms with Gasteiger partial charge in [0.25, 0.3) is 0 Å². The second-order valence-corrected chi connectivity index (χ2v) is 4.88. The van der Waals surface area contributed by atoms with Gasteiger partial charge in [0.05, 0.1) is 16.6 Å². The van der Waals surface area contributed by atoms with Gasteiger partial charge in [0.15, 0.2) is 0 Å². The summed E-state index contributed by atoms with van der Waals surface area (Å²) in [5.74, 6) is 5.44. The molecule has 1 atom stereocenters. The minimum Gasteiger partial charge on any atom is -0.271 e. The van der Waals surface area contributed by atoms with Gasteiger partial charge in [0, 0.05) is 12.4 Å². The summed E-state index contributed by atoms with van der Waals surface area (Å²) in [7, 11) is 0. The van der Waals surface area contributed by atoms with Crippen LogP contribution in [0.3, 0.4) is 0 Å². The number of pyridine rings is 1. The second kappa shape index (κ2) is 6.43. The molecule has 0 radical (unpaired) electrons. The molecule has 3 nitrogen and oxygen atoms in total. The molecule has 112 valence electrons. The molecule has 2 aromatic rings. The molecule has 0 saturated carbocycles. The van der Waals surface area contributed by atoms with E-state index in [2.05, 4.69) is 10.4 Å². The number of nitrogens with zero attached hydrogens (tertiary/aromatic N) is 1. The van der Waals surface area contributed by atoms with E-state index >= 15 is 0 Å². The van der Waals surface area contributed by atoms with Gasteiger partial charge >= 0.3 is 6.18 Å². The van der Waals surface area contributed by atoms with Gasteiger partial charge in [0.2, 0.25) is 0 Å². The summed E-state index contributed by atoms with van der Waals surface area (Å²) in [5, 5.41) is 0.391. The second-order valence-electron chi connectivity index (χ2n) is 4.48. The third-order valence-electron chi connectivity index (χ3n) is 3.12. The molecule has 0 aliphatic rings. The number of rotatable bonds is 4. The van der Waals surface area contributed by atoms with E-state index in [9.17, 15) is 13.2 Å². The molecule has 2 rings (SSSR count). The molecule has 1 aromatic heterocycles. The summed E-state index contributed by atoms with van der Waals surface area (Å²) in [4.78, 5) is 3.84. The quantitative estimate of drug-likeness (QED) is 0.670. The van der Waals surface area contributed by atoms with Crippen LogP contribution < -0.4 is 11.3 Å². The lowest BCUT2D eigenvalue weighted by atomic mass is 9.95. The van der Waals surface area contributed by atoms with Crippen molar-refractivity contribution in [3.8, 4) is 0 Å². The Kier molecular flexibility index (Phi) is 4.82. The summed E-state index contributed by atoms with van der Waals surface area (Å²) < 4.78 is 39.2. The van der Waals surface area contributed by atoms with Gasteiger partial charge in [-0.2, -0.15) is 13.2 Å². The minimum absolute atomic E-state index is 0.0837. The predicted molar refractivity (Wildman–Crippen MR) is 74.5 cm³/mol. The van der Waals surface area contributed by atoms with Gasteiger partial charge in [0.1, 0.15) is 0 Å². The highest BCUT2D eigenvalue weighted by Gasteiger charge is 2.34. The van der Waals surface area contributed by atoms with Crippen molar-refractivity contribution in [2.24, 2.45) is 5.84 Å². The van der Waals surface area contributed by atoms with Crippen LogP contribution in [-0.4, -0.2) is 4.98 Å². The number of halogens is 4. The Balaban J connectivity index is 2.37. The van der Waals surface area contributed by atoms with E-state index < -0.39 is 17.8 Å². The topological polar surface area (TPSA) is 50.9 Å². The zero-order valence-corrected chi connectivity index (χ0v) is 11.6. The lowest BCUT2D eigenvalue weighted by Crippen LogP contribution is -2.31. The molecule has 21 heavy (non-hydrogen) atoms. The van der Waals surface area contributed by atoms with Crippen molar-refractivity contribution in [3.63, 3.8) is 0 Å². The Morgan fingerprint density at radius 3 is 2.57 bits per heavy atom. The Morgan fingerprint density at radius 2 is 1.95 bits per heavy atom. The van der Waals surface area contributed by atoms with E-state index in [0.717, 1.165) is 6.07 Å². The summed E-state index contributed by atoms with van der Waals surface area (Å²) >= 11 is 5.99. The maximum Gasteiger partial charge on any atom is 0.416 e. The van der Waals surface area contributed by atoms with Gasteiger partial charge in [-0.05, 0) is 29.7 Å². The first-order chi connectivity index (χ1) is 9.93. The van der Waals surface area contributed by atoms with E-state index in [1.165, 1.54) is 24.5 Å². The molecule has 0 fully saturated rings. The van der Waals surface area contributed by atoms with Crippen molar-refractivity contribution in [3.05, 3.63) is 64.4 Å². The fourth-order valence-electron chi connectivity index (χ4n) is 2.11. The monoisotopic (exact) mass is 315 g/mol. The summed E-state index contributed by atoms with van der Waals surface area (Å²) in [5.41, 5.74) is 2.47. The van der Waals surface area contributed by atoms with Crippen LogP contribution in [0.25, 0.3) is 0 Å². The van der Waals surface area contributed by atoms with E-state index in [1.54, 1.807) is 12.1 Å². The molecule has 0 bridgehead atoms. The number of nitrogens with two attached hydrogens (primary N) is 1. The molecule has 0 spiro atoms. The summed E-state index contributed by atoms with van der Waals surface area (Å²) in [6.45, 7) is 0. The van der Waals surface area contributed by atoms with Gasteiger partial charge in [-0.1, -0.05) is 29.8 Å². The molecule has 3 N–H and O–H groups in total. The van der Waals surface area contributed by atoms with Crippen molar-refractivity contribution < 1.29 is 13.2 Å². The maximum atomic E-state index is 13.1.